The summed E-state index contributed by atoms with van der Waals surface area (Å²) in [6, 6.07) is 8.20. The first-order chi connectivity index (χ1) is 11.8. The number of carbonyl (C=O) groups excluding carboxylic acids is 4. The Labute approximate surface area is 145 Å². The van der Waals surface area contributed by atoms with Crippen molar-refractivity contribution in [2.24, 2.45) is 0 Å². The lowest BCUT2D eigenvalue weighted by Crippen LogP contribution is -2.44. The number of imide groups is 1. The van der Waals surface area contributed by atoms with Gasteiger partial charge < -0.3 is 15.0 Å². The Hall–Kier alpha value is -2.90. The zero-order chi connectivity index (χ0) is 18.6. The second kappa shape index (κ2) is 7.33. The number of nitrogens with one attached hydrogen (secondary N) is 1. The molecule has 0 aliphatic carbocycles. The summed E-state index contributed by atoms with van der Waals surface area (Å²) in [5.74, 6) is -1.72. The Bertz CT molecular complexity index is 689. The van der Waals surface area contributed by atoms with Crippen molar-refractivity contribution in [3.8, 4) is 0 Å². The smallest absolute Gasteiger partial charge is 0.326 e. The van der Waals surface area contributed by atoms with Crippen LogP contribution in [0, 0.1) is 0 Å². The van der Waals surface area contributed by atoms with Crippen LogP contribution in [0.15, 0.2) is 30.3 Å². The highest BCUT2D eigenvalue weighted by Gasteiger charge is 2.51. The standard InChI is InChI=1S/C17H21N3O5/c1-4-17(12-8-6-5-7-9-12)15(23)20(16(24)18-17)10-14(22)25-11-13(21)19(2)3/h5-9H,4,10-11H2,1-3H3,(H,18,24)/t17-/m0/s1. The maximum Gasteiger partial charge on any atom is 0.326 e. The van der Waals surface area contributed by atoms with Gasteiger partial charge in [-0.2, -0.15) is 0 Å². The molecule has 1 N–H and O–H groups in total. The van der Waals surface area contributed by atoms with E-state index in [0.717, 1.165) is 4.90 Å². The third kappa shape index (κ3) is 3.62. The number of likely N-dealkylation sites (N-methyl/N-ethyl adjacent to an activating group) is 1. The third-order valence-electron chi connectivity index (χ3n) is 4.12. The molecule has 1 atom stereocenters. The van der Waals surface area contributed by atoms with E-state index in [4.69, 9.17) is 4.74 Å². The van der Waals surface area contributed by atoms with Crippen LogP contribution in [-0.2, 0) is 24.7 Å². The van der Waals surface area contributed by atoms with E-state index in [0.29, 0.717) is 12.0 Å². The minimum atomic E-state index is -1.20. The van der Waals surface area contributed by atoms with Gasteiger partial charge in [-0.25, -0.2) is 4.79 Å². The van der Waals surface area contributed by atoms with Gasteiger partial charge in [-0.1, -0.05) is 37.3 Å². The predicted molar refractivity (Wildman–Crippen MR) is 88.3 cm³/mol. The number of urea groups is 1. The fourth-order valence-corrected chi connectivity index (χ4v) is 2.58. The maximum atomic E-state index is 12.8. The first-order valence-electron chi connectivity index (χ1n) is 7.87. The number of carbonyl (C=O) groups is 4. The molecule has 0 saturated carbocycles. The van der Waals surface area contributed by atoms with Gasteiger partial charge in [-0.05, 0) is 12.0 Å². The van der Waals surface area contributed by atoms with Gasteiger partial charge in [0.05, 0.1) is 0 Å². The quantitative estimate of drug-likeness (QED) is 0.596. The Morgan fingerprint density at radius 3 is 2.40 bits per heavy atom. The number of nitrogens with zero attached hydrogens (tertiary/aromatic N) is 2. The van der Waals surface area contributed by atoms with Gasteiger partial charge in [0.1, 0.15) is 12.1 Å². The molecule has 2 rings (SSSR count). The summed E-state index contributed by atoms with van der Waals surface area (Å²) in [6.45, 7) is 0.801. The molecule has 0 bridgehead atoms. The summed E-state index contributed by atoms with van der Waals surface area (Å²) in [6.07, 6.45) is 0.340. The van der Waals surface area contributed by atoms with E-state index < -0.39 is 42.5 Å². The van der Waals surface area contributed by atoms with Gasteiger partial charge in [0.25, 0.3) is 11.8 Å². The van der Waals surface area contributed by atoms with E-state index in [2.05, 4.69) is 5.32 Å². The monoisotopic (exact) mass is 347 g/mol. The molecule has 0 spiro atoms. The highest BCUT2D eigenvalue weighted by molar-refractivity contribution is 6.09. The van der Waals surface area contributed by atoms with Crippen molar-refractivity contribution >= 4 is 23.8 Å². The minimum Gasteiger partial charge on any atom is -0.454 e. The molecule has 134 valence electrons. The fraction of sp³-hybridized carbons (Fsp3) is 0.412. The second-order valence-corrected chi connectivity index (χ2v) is 5.90. The fourth-order valence-electron chi connectivity index (χ4n) is 2.58. The molecule has 1 fully saturated rings. The van der Waals surface area contributed by atoms with Crippen LogP contribution in [0.1, 0.15) is 18.9 Å². The lowest BCUT2D eigenvalue weighted by Gasteiger charge is -2.25. The zero-order valence-corrected chi connectivity index (χ0v) is 14.4. The van der Waals surface area contributed by atoms with Crippen molar-refractivity contribution in [1.29, 1.82) is 0 Å². The van der Waals surface area contributed by atoms with Crippen LogP contribution in [0.25, 0.3) is 0 Å². The molecule has 8 nitrogen and oxygen atoms in total. The van der Waals surface area contributed by atoms with Crippen molar-refractivity contribution in [2.75, 3.05) is 27.2 Å². The topological polar surface area (TPSA) is 96.0 Å². The Balaban J connectivity index is 2.10. The number of ether oxygens (including phenoxy) is 1. The molecule has 0 unspecified atom stereocenters. The number of hydrogen-bond donors (Lipinski definition) is 1. The van der Waals surface area contributed by atoms with Crippen LogP contribution >= 0.6 is 0 Å². The molecule has 0 radical (unpaired) electrons. The van der Waals surface area contributed by atoms with Gasteiger partial charge in [0.2, 0.25) is 0 Å². The summed E-state index contributed by atoms with van der Waals surface area (Å²) in [4.78, 5) is 50.5. The van der Waals surface area contributed by atoms with Crippen molar-refractivity contribution in [3.63, 3.8) is 0 Å². The molecule has 4 amide bonds. The molecular formula is C17H21N3O5. The van der Waals surface area contributed by atoms with Gasteiger partial charge in [-0.3, -0.25) is 19.3 Å². The van der Waals surface area contributed by atoms with Crippen LogP contribution in [0.5, 0.6) is 0 Å². The lowest BCUT2D eigenvalue weighted by molar-refractivity contribution is -0.153. The van der Waals surface area contributed by atoms with E-state index >= 15 is 0 Å². The summed E-state index contributed by atoms with van der Waals surface area (Å²) in [5.41, 5.74) is -0.549. The number of esters is 1. The summed E-state index contributed by atoms with van der Waals surface area (Å²) in [7, 11) is 3.06. The molecular weight excluding hydrogens is 326 g/mol. The van der Waals surface area contributed by atoms with Crippen molar-refractivity contribution in [2.45, 2.75) is 18.9 Å². The van der Waals surface area contributed by atoms with E-state index in [9.17, 15) is 19.2 Å². The highest BCUT2D eigenvalue weighted by atomic mass is 16.5. The van der Waals surface area contributed by atoms with E-state index in [1.807, 2.05) is 6.07 Å². The average molecular weight is 347 g/mol. The van der Waals surface area contributed by atoms with Gasteiger partial charge in [0.15, 0.2) is 6.61 Å². The molecule has 1 aliphatic heterocycles. The molecule has 1 heterocycles. The van der Waals surface area contributed by atoms with E-state index in [1.165, 1.54) is 19.0 Å². The first kappa shape index (κ1) is 18.4. The van der Waals surface area contributed by atoms with Gasteiger partial charge in [0, 0.05) is 14.1 Å². The molecule has 1 saturated heterocycles. The molecule has 1 aliphatic rings. The third-order valence-corrected chi connectivity index (χ3v) is 4.12. The summed E-state index contributed by atoms with van der Waals surface area (Å²) >= 11 is 0. The van der Waals surface area contributed by atoms with Crippen molar-refractivity contribution in [3.05, 3.63) is 35.9 Å². The van der Waals surface area contributed by atoms with Crippen LogP contribution < -0.4 is 5.32 Å². The number of rotatable bonds is 6. The second-order valence-electron chi connectivity index (χ2n) is 5.90. The van der Waals surface area contributed by atoms with Crippen LogP contribution in [0.2, 0.25) is 0 Å². The highest BCUT2D eigenvalue weighted by Crippen LogP contribution is 2.32. The van der Waals surface area contributed by atoms with Crippen molar-refractivity contribution in [1.82, 2.24) is 15.1 Å². The Kier molecular flexibility index (Phi) is 5.41. The zero-order valence-electron chi connectivity index (χ0n) is 14.4. The summed E-state index contributed by atoms with van der Waals surface area (Å²) in [5, 5.41) is 2.68. The number of hydrogen-bond acceptors (Lipinski definition) is 5. The van der Waals surface area contributed by atoms with Crippen LogP contribution in [0.3, 0.4) is 0 Å². The molecule has 0 aromatic heterocycles. The first-order valence-corrected chi connectivity index (χ1v) is 7.87. The number of amides is 4. The molecule has 1 aromatic carbocycles. The largest absolute Gasteiger partial charge is 0.454 e. The minimum absolute atomic E-state index is 0.340. The van der Waals surface area contributed by atoms with Crippen LogP contribution in [0.4, 0.5) is 4.79 Å². The normalized spacial score (nSPS) is 19.6. The Morgan fingerprint density at radius 2 is 1.84 bits per heavy atom. The number of benzene rings is 1. The average Bonchev–Trinajstić information content (AvgIpc) is 2.85. The predicted octanol–water partition coefficient (Wildman–Crippen LogP) is 0.475. The SMILES string of the molecule is CC[C@@]1(c2ccccc2)NC(=O)N(CC(=O)OCC(=O)N(C)C)C1=O. The molecule has 25 heavy (non-hydrogen) atoms. The molecule has 8 heteroatoms. The Morgan fingerprint density at radius 1 is 1.20 bits per heavy atom. The van der Waals surface area contributed by atoms with Gasteiger partial charge in [-0.15, -0.1) is 0 Å². The lowest BCUT2D eigenvalue weighted by atomic mass is 9.87. The van der Waals surface area contributed by atoms with Gasteiger partial charge >= 0.3 is 12.0 Å². The summed E-state index contributed by atoms with van der Waals surface area (Å²) < 4.78 is 4.83. The molecule has 1 aromatic rings. The van der Waals surface area contributed by atoms with E-state index in [-0.39, 0.29) is 0 Å². The maximum absolute atomic E-state index is 12.8. The van der Waals surface area contributed by atoms with Crippen molar-refractivity contribution < 1.29 is 23.9 Å². The van der Waals surface area contributed by atoms with E-state index in [1.54, 1.807) is 31.2 Å². The van der Waals surface area contributed by atoms with Crippen LogP contribution in [-0.4, -0.2) is 60.9 Å².